The SMILES string of the molecule is CN1CCCN(c2nc(Cl)nc3nc[nH]c23)CC1. The lowest BCUT2D eigenvalue weighted by Gasteiger charge is -2.21. The summed E-state index contributed by atoms with van der Waals surface area (Å²) in [6, 6.07) is 0. The van der Waals surface area contributed by atoms with E-state index in [1.54, 1.807) is 6.33 Å². The van der Waals surface area contributed by atoms with Gasteiger partial charge in [-0.2, -0.15) is 9.97 Å². The van der Waals surface area contributed by atoms with Crippen molar-refractivity contribution in [1.82, 2.24) is 24.8 Å². The van der Waals surface area contributed by atoms with Gasteiger partial charge >= 0.3 is 0 Å². The van der Waals surface area contributed by atoms with Gasteiger partial charge in [0.25, 0.3) is 0 Å². The van der Waals surface area contributed by atoms with Crippen LogP contribution in [0.5, 0.6) is 0 Å². The molecule has 1 aliphatic rings. The van der Waals surface area contributed by atoms with Gasteiger partial charge in [-0.25, -0.2) is 4.98 Å². The number of halogens is 1. The minimum absolute atomic E-state index is 0.252. The lowest BCUT2D eigenvalue weighted by Crippen LogP contribution is -2.29. The molecular formula is C11H15ClN6. The van der Waals surface area contributed by atoms with Crippen molar-refractivity contribution < 1.29 is 0 Å². The van der Waals surface area contributed by atoms with E-state index in [0.717, 1.165) is 43.9 Å². The van der Waals surface area contributed by atoms with Gasteiger partial charge < -0.3 is 14.8 Å². The quantitative estimate of drug-likeness (QED) is 0.785. The highest BCUT2D eigenvalue weighted by Crippen LogP contribution is 2.23. The molecule has 2 aromatic rings. The second-order valence-electron chi connectivity index (χ2n) is 4.56. The molecule has 18 heavy (non-hydrogen) atoms. The van der Waals surface area contributed by atoms with Crippen LogP contribution in [0.15, 0.2) is 6.33 Å². The molecule has 2 aromatic heterocycles. The fraction of sp³-hybridized carbons (Fsp3) is 0.545. The van der Waals surface area contributed by atoms with Crippen molar-refractivity contribution in [2.24, 2.45) is 0 Å². The van der Waals surface area contributed by atoms with E-state index < -0.39 is 0 Å². The van der Waals surface area contributed by atoms with Crippen LogP contribution in [0.2, 0.25) is 5.28 Å². The van der Waals surface area contributed by atoms with Crippen LogP contribution in [-0.2, 0) is 0 Å². The van der Waals surface area contributed by atoms with Gasteiger partial charge in [-0.1, -0.05) is 0 Å². The first kappa shape index (κ1) is 11.7. The molecule has 7 heteroatoms. The highest BCUT2D eigenvalue weighted by Gasteiger charge is 2.18. The maximum absolute atomic E-state index is 5.96. The molecule has 0 saturated carbocycles. The number of H-pyrrole nitrogens is 1. The lowest BCUT2D eigenvalue weighted by molar-refractivity contribution is 0.360. The smallest absolute Gasteiger partial charge is 0.226 e. The molecule has 6 nitrogen and oxygen atoms in total. The topological polar surface area (TPSA) is 60.9 Å². The summed E-state index contributed by atoms with van der Waals surface area (Å²) in [4.78, 5) is 20.3. The number of rotatable bonds is 1. The third kappa shape index (κ3) is 2.13. The summed E-state index contributed by atoms with van der Waals surface area (Å²) < 4.78 is 0. The number of aromatic nitrogens is 4. The van der Waals surface area contributed by atoms with E-state index in [4.69, 9.17) is 11.6 Å². The van der Waals surface area contributed by atoms with E-state index in [1.165, 1.54) is 0 Å². The Morgan fingerprint density at radius 3 is 3.00 bits per heavy atom. The summed E-state index contributed by atoms with van der Waals surface area (Å²) >= 11 is 5.96. The molecule has 96 valence electrons. The van der Waals surface area contributed by atoms with Crippen LogP contribution in [0.25, 0.3) is 11.2 Å². The van der Waals surface area contributed by atoms with Crippen LogP contribution >= 0.6 is 11.6 Å². The molecule has 0 bridgehead atoms. The van der Waals surface area contributed by atoms with Crippen LogP contribution in [0.1, 0.15) is 6.42 Å². The molecule has 1 N–H and O–H groups in total. The van der Waals surface area contributed by atoms with Gasteiger partial charge in [0, 0.05) is 19.6 Å². The zero-order valence-electron chi connectivity index (χ0n) is 10.2. The Hall–Kier alpha value is -1.40. The van der Waals surface area contributed by atoms with Gasteiger partial charge in [-0.15, -0.1) is 0 Å². The van der Waals surface area contributed by atoms with E-state index >= 15 is 0 Å². The highest BCUT2D eigenvalue weighted by molar-refractivity contribution is 6.28. The number of imidazole rings is 1. The first-order valence-corrected chi connectivity index (χ1v) is 6.42. The Bertz CT molecular complexity index is 553. The predicted octanol–water partition coefficient (Wildman–Crippen LogP) is 1.15. The molecule has 1 saturated heterocycles. The largest absolute Gasteiger partial charge is 0.353 e. The molecule has 0 aromatic carbocycles. The molecular weight excluding hydrogens is 252 g/mol. The Labute approximate surface area is 110 Å². The zero-order valence-corrected chi connectivity index (χ0v) is 11.0. The van der Waals surface area contributed by atoms with Crippen molar-refractivity contribution in [1.29, 1.82) is 0 Å². The van der Waals surface area contributed by atoms with Gasteiger partial charge in [0.05, 0.1) is 6.33 Å². The Morgan fingerprint density at radius 2 is 2.11 bits per heavy atom. The fourth-order valence-electron chi connectivity index (χ4n) is 2.28. The van der Waals surface area contributed by atoms with E-state index in [0.29, 0.717) is 5.65 Å². The summed E-state index contributed by atoms with van der Waals surface area (Å²) in [5.74, 6) is 0.859. The minimum Gasteiger partial charge on any atom is -0.353 e. The molecule has 0 atom stereocenters. The number of hydrogen-bond acceptors (Lipinski definition) is 5. The number of likely N-dealkylation sites (N-methyl/N-ethyl adjacent to an activating group) is 1. The van der Waals surface area contributed by atoms with E-state index in [1.807, 2.05) is 0 Å². The first-order valence-electron chi connectivity index (χ1n) is 6.04. The predicted molar refractivity (Wildman–Crippen MR) is 71.0 cm³/mol. The summed E-state index contributed by atoms with van der Waals surface area (Å²) in [5.41, 5.74) is 1.49. The average Bonchev–Trinajstić information content (AvgIpc) is 2.70. The van der Waals surface area contributed by atoms with Gasteiger partial charge in [-0.3, -0.25) is 0 Å². The van der Waals surface area contributed by atoms with Crippen LogP contribution in [0, 0.1) is 0 Å². The second-order valence-corrected chi connectivity index (χ2v) is 4.90. The van der Waals surface area contributed by atoms with Gasteiger partial charge in [0.15, 0.2) is 11.5 Å². The van der Waals surface area contributed by atoms with Gasteiger partial charge in [-0.05, 0) is 31.6 Å². The van der Waals surface area contributed by atoms with Crippen molar-refractivity contribution in [3.63, 3.8) is 0 Å². The normalized spacial score (nSPS) is 18.2. The molecule has 1 aliphatic heterocycles. The van der Waals surface area contributed by atoms with E-state index in [2.05, 4.69) is 36.8 Å². The summed E-state index contributed by atoms with van der Waals surface area (Å²) in [6.45, 7) is 4.06. The number of hydrogen-bond donors (Lipinski definition) is 1. The lowest BCUT2D eigenvalue weighted by atomic mass is 10.3. The first-order chi connectivity index (χ1) is 8.74. The average molecular weight is 267 g/mol. The second kappa shape index (κ2) is 4.70. The van der Waals surface area contributed by atoms with Crippen LogP contribution in [0.4, 0.5) is 5.82 Å². The molecule has 0 unspecified atom stereocenters. The fourth-order valence-corrected chi connectivity index (χ4v) is 2.44. The third-order valence-corrected chi connectivity index (χ3v) is 3.43. The highest BCUT2D eigenvalue weighted by atomic mass is 35.5. The molecule has 1 fully saturated rings. The molecule has 0 radical (unpaired) electrons. The molecule has 0 spiro atoms. The van der Waals surface area contributed by atoms with Crippen molar-refractivity contribution in [2.75, 3.05) is 38.1 Å². The van der Waals surface area contributed by atoms with Gasteiger partial charge in [0.1, 0.15) is 5.52 Å². The van der Waals surface area contributed by atoms with Crippen molar-refractivity contribution in [3.8, 4) is 0 Å². The maximum Gasteiger partial charge on any atom is 0.226 e. The third-order valence-electron chi connectivity index (χ3n) is 3.26. The van der Waals surface area contributed by atoms with Crippen LogP contribution in [0.3, 0.4) is 0 Å². The zero-order chi connectivity index (χ0) is 12.5. The number of aromatic amines is 1. The Balaban J connectivity index is 1.99. The summed E-state index contributed by atoms with van der Waals surface area (Å²) in [6.07, 6.45) is 2.75. The van der Waals surface area contributed by atoms with Crippen molar-refractivity contribution in [3.05, 3.63) is 11.6 Å². The number of nitrogens with zero attached hydrogens (tertiary/aromatic N) is 5. The minimum atomic E-state index is 0.252. The summed E-state index contributed by atoms with van der Waals surface area (Å²) in [7, 11) is 2.14. The standard InChI is InChI=1S/C11H15ClN6/c1-17-3-2-4-18(6-5-17)10-8-9(14-7-13-8)15-11(12)16-10/h7H,2-6H2,1H3,(H,13,14,15,16). The molecule has 3 rings (SSSR count). The summed E-state index contributed by atoms with van der Waals surface area (Å²) in [5, 5.41) is 0.252. The molecule has 0 aliphatic carbocycles. The van der Waals surface area contributed by atoms with E-state index in [-0.39, 0.29) is 5.28 Å². The number of anilines is 1. The molecule has 3 heterocycles. The molecule has 0 amide bonds. The Kier molecular flexibility index (Phi) is 3.05. The number of nitrogens with one attached hydrogen (secondary N) is 1. The number of fused-ring (bicyclic) bond motifs is 1. The van der Waals surface area contributed by atoms with Crippen molar-refractivity contribution >= 4 is 28.6 Å². The van der Waals surface area contributed by atoms with Crippen LogP contribution < -0.4 is 4.90 Å². The maximum atomic E-state index is 5.96. The van der Waals surface area contributed by atoms with Crippen LogP contribution in [-0.4, -0.2) is 58.1 Å². The Morgan fingerprint density at radius 1 is 1.22 bits per heavy atom. The monoisotopic (exact) mass is 266 g/mol. The van der Waals surface area contributed by atoms with E-state index in [9.17, 15) is 0 Å². The van der Waals surface area contributed by atoms with Crippen molar-refractivity contribution in [2.45, 2.75) is 6.42 Å². The van der Waals surface area contributed by atoms with Gasteiger partial charge in [0.2, 0.25) is 5.28 Å².